The van der Waals surface area contributed by atoms with E-state index in [1.54, 1.807) is 0 Å². The van der Waals surface area contributed by atoms with E-state index in [0.29, 0.717) is 19.6 Å². The van der Waals surface area contributed by atoms with Crippen LogP contribution in [0, 0.1) is 11.8 Å². The van der Waals surface area contributed by atoms with Crippen molar-refractivity contribution in [2.24, 2.45) is 11.8 Å². The second-order valence-corrected chi connectivity index (χ2v) is 4.40. The van der Waals surface area contributed by atoms with Gasteiger partial charge in [-0.25, -0.2) is 0 Å². The van der Waals surface area contributed by atoms with Gasteiger partial charge in [0.05, 0.1) is 24.9 Å². The molecule has 5 unspecified atom stereocenters. The summed E-state index contributed by atoms with van der Waals surface area (Å²) < 4.78 is 10.8. The molecule has 0 bridgehead atoms. The van der Waals surface area contributed by atoms with Crippen molar-refractivity contribution in [1.82, 2.24) is 0 Å². The summed E-state index contributed by atoms with van der Waals surface area (Å²) in [4.78, 5) is 0. The Morgan fingerprint density at radius 3 is 3.00 bits per heavy atom. The smallest absolute Gasteiger partial charge is 0.163 e. The molecule has 2 aliphatic heterocycles. The van der Waals surface area contributed by atoms with E-state index in [9.17, 15) is 10.2 Å². The monoisotopic (exact) mass is 186 g/mol. The van der Waals surface area contributed by atoms with Gasteiger partial charge in [-0.2, -0.15) is 0 Å². The van der Waals surface area contributed by atoms with E-state index in [2.05, 4.69) is 0 Å². The highest BCUT2D eigenvalue weighted by molar-refractivity contribution is 5.07. The molecule has 3 aliphatic rings. The fourth-order valence-electron chi connectivity index (χ4n) is 3.07. The van der Waals surface area contributed by atoms with Crippen molar-refractivity contribution in [1.29, 1.82) is 0 Å². The highest BCUT2D eigenvalue weighted by atomic mass is 16.7. The molecule has 0 aromatic carbocycles. The molecule has 1 aliphatic carbocycles. The third-order valence-corrected chi connectivity index (χ3v) is 3.66. The molecule has 0 spiro atoms. The van der Waals surface area contributed by atoms with Crippen LogP contribution < -0.4 is 0 Å². The van der Waals surface area contributed by atoms with Crippen molar-refractivity contribution in [2.45, 2.75) is 30.8 Å². The molecular weight excluding hydrogens is 172 g/mol. The maximum absolute atomic E-state index is 10.1. The van der Waals surface area contributed by atoms with Gasteiger partial charge in [-0.3, -0.25) is 0 Å². The number of hydrogen-bond donors (Lipinski definition) is 2. The standard InChI is InChI=1S/C9H14O4/c10-6-3-9(11)4-13-8-7(9)5(6)1-2-12-8/h5-8,10-11H,1-4H2. The molecule has 3 rings (SSSR count). The highest BCUT2D eigenvalue weighted by Gasteiger charge is 2.61. The van der Waals surface area contributed by atoms with Gasteiger partial charge in [0.25, 0.3) is 0 Å². The lowest BCUT2D eigenvalue weighted by molar-refractivity contribution is -0.174. The summed E-state index contributed by atoms with van der Waals surface area (Å²) in [6, 6.07) is 0. The summed E-state index contributed by atoms with van der Waals surface area (Å²) in [6.45, 7) is 0.953. The molecule has 5 atom stereocenters. The van der Waals surface area contributed by atoms with Gasteiger partial charge >= 0.3 is 0 Å². The Bertz CT molecular complexity index is 232. The quantitative estimate of drug-likeness (QED) is 0.535. The summed E-state index contributed by atoms with van der Waals surface area (Å²) in [5.74, 6) is 0.169. The fraction of sp³-hybridized carbons (Fsp3) is 1.00. The average Bonchev–Trinajstić information content (AvgIpc) is 2.56. The van der Waals surface area contributed by atoms with Crippen molar-refractivity contribution >= 4 is 0 Å². The second kappa shape index (κ2) is 2.45. The zero-order valence-corrected chi connectivity index (χ0v) is 7.35. The summed E-state index contributed by atoms with van der Waals surface area (Å²) in [7, 11) is 0. The number of ether oxygens (including phenoxy) is 2. The average molecular weight is 186 g/mol. The lowest BCUT2D eigenvalue weighted by Gasteiger charge is -2.32. The molecule has 0 amide bonds. The van der Waals surface area contributed by atoms with Crippen LogP contribution in [0.5, 0.6) is 0 Å². The minimum atomic E-state index is -0.824. The van der Waals surface area contributed by atoms with Crippen molar-refractivity contribution in [3.63, 3.8) is 0 Å². The lowest BCUT2D eigenvalue weighted by Crippen LogP contribution is -2.41. The van der Waals surface area contributed by atoms with E-state index in [1.807, 2.05) is 0 Å². The van der Waals surface area contributed by atoms with Gasteiger partial charge in [0.15, 0.2) is 6.29 Å². The van der Waals surface area contributed by atoms with Crippen molar-refractivity contribution in [3.05, 3.63) is 0 Å². The second-order valence-electron chi connectivity index (χ2n) is 4.40. The first-order valence-corrected chi connectivity index (χ1v) is 4.84. The van der Waals surface area contributed by atoms with Crippen LogP contribution >= 0.6 is 0 Å². The molecule has 0 aromatic rings. The van der Waals surface area contributed by atoms with Crippen LogP contribution in [0.1, 0.15) is 12.8 Å². The van der Waals surface area contributed by atoms with Crippen LogP contribution in [0.4, 0.5) is 0 Å². The van der Waals surface area contributed by atoms with Gasteiger partial charge < -0.3 is 19.7 Å². The van der Waals surface area contributed by atoms with Gasteiger partial charge in [-0.1, -0.05) is 0 Å². The van der Waals surface area contributed by atoms with Crippen molar-refractivity contribution < 1.29 is 19.7 Å². The first-order valence-electron chi connectivity index (χ1n) is 4.84. The topological polar surface area (TPSA) is 58.9 Å². The molecule has 0 aromatic heterocycles. The largest absolute Gasteiger partial charge is 0.393 e. The zero-order chi connectivity index (χ0) is 9.05. The molecule has 2 saturated heterocycles. The van der Waals surface area contributed by atoms with E-state index in [-0.39, 0.29) is 24.2 Å². The molecule has 2 N–H and O–H groups in total. The van der Waals surface area contributed by atoms with Crippen LogP contribution in [0.25, 0.3) is 0 Å². The third-order valence-electron chi connectivity index (χ3n) is 3.66. The Balaban J connectivity index is 1.96. The Kier molecular flexibility index (Phi) is 1.54. The molecule has 2 heterocycles. The first kappa shape index (κ1) is 8.17. The third kappa shape index (κ3) is 0.944. The molecule has 74 valence electrons. The Labute approximate surface area is 76.5 Å². The minimum absolute atomic E-state index is 0.00347. The molecule has 13 heavy (non-hydrogen) atoms. The number of rotatable bonds is 0. The minimum Gasteiger partial charge on any atom is -0.393 e. The zero-order valence-electron chi connectivity index (χ0n) is 7.35. The van der Waals surface area contributed by atoms with Crippen LogP contribution in [0.15, 0.2) is 0 Å². The molecule has 3 fully saturated rings. The van der Waals surface area contributed by atoms with Gasteiger partial charge in [0.2, 0.25) is 0 Å². The summed E-state index contributed by atoms with van der Waals surface area (Å²) in [5.41, 5.74) is -0.824. The van der Waals surface area contributed by atoms with Gasteiger partial charge in [-0.15, -0.1) is 0 Å². The van der Waals surface area contributed by atoms with E-state index in [4.69, 9.17) is 9.47 Å². The SMILES string of the molecule is OC1CC2(O)COC3OCCC1C32. The van der Waals surface area contributed by atoms with Crippen molar-refractivity contribution in [3.8, 4) is 0 Å². The Morgan fingerprint density at radius 2 is 2.15 bits per heavy atom. The molecule has 1 saturated carbocycles. The highest BCUT2D eigenvalue weighted by Crippen LogP contribution is 2.51. The normalized spacial score (nSPS) is 59.5. The fourth-order valence-corrected chi connectivity index (χ4v) is 3.07. The maximum atomic E-state index is 10.1. The summed E-state index contributed by atoms with van der Waals surface area (Å²) in [5, 5.41) is 19.9. The molecular formula is C9H14O4. The van der Waals surface area contributed by atoms with Gasteiger partial charge in [0, 0.05) is 12.3 Å². The van der Waals surface area contributed by atoms with Crippen LogP contribution in [0.3, 0.4) is 0 Å². The number of aliphatic hydroxyl groups excluding tert-OH is 1. The summed E-state index contributed by atoms with van der Waals surface area (Å²) >= 11 is 0. The molecule has 4 heteroatoms. The van der Waals surface area contributed by atoms with E-state index in [0.717, 1.165) is 6.42 Å². The number of aliphatic hydroxyl groups is 2. The van der Waals surface area contributed by atoms with Gasteiger partial charge in [-0.05, 0) is 12.3 Å². The first-order chi connectivity index (χ1) is 6.21. The van der Waals surface area contributed by atoms with E-state index >= 15 is 0 Å². The van der Waals surface area contributed by atoms with Crippen LogP contribution in [-0.4, -0.2) is 41.4 Å². The van der Waals surface area contributed by atoms with E-state index in [1.165, 1.54) is 0 Å². The van der Waals surface area contributed by atoms with E-state index < -0.39 is 5.60 Å². The molecule has 4 nitrogen and oxygen atoms in total. The Hall–Kier alpha value is -0.160. The van der Waals surface area contributed by atoms with Crippen LogP contribution in [0.2, 0.25) is 0 Å². The van der Waals surface area contributed by atoms with Crippen molar-refractivity contribution in [2.75, 3.05) is 13.2 Å². The predicted molar refractivity (Wildman–Crippen MR) is 42.9 cm³/mol. The summed E-state index contributed by atoms with van der Waals surface area (Å²) in [6.07, 6.45) is 0.641. The Morgan fingerprint density at radius 1 is 1.31 bits per heavy atom. The van der Waals surface area contributed by atoms with Gasteiger partial charge in [0.1, 0.15) is 0 Å². The lowest BCUT2D eigenvalue weighted by atomic mass is 9.84. The molecule has 0 radical (unpaired) electrons. The number of hydrogen-bond acceptors (Lipinski definition) is 4. The maximum Gasteiger partial charge on any atom is 0.163 e. The van der Waals surface area contributed by atoms with Crippen LogP contribution in [-0.2, 0) is 9.47 Å². The predicted octanol–water partition coefficient (Wildman–Crippen LogP) is -0.509.